The number of benzene rings is 1. The molecular formula is C14H12ClN5OS. The van der Waals surface area contributed by atoms with Crippen molar-refractivity contribution >= 4 is 29.0 Å². The lowest BCUT2D eigenvalue weighted by Crippen LogP contribution is -2.31. The first-order chi connectivity index (χ1) is 10.7. The van der Waals surface area contributed by atoms with Gasteiger partial charge in [0.2, 0.25) is 0 Å². The highest BCUT2D eigenvalue weighted by Crippen LogP contribution is 2.19. The zero-order valence-corrected chi connectivity index (χ0v) is 13.0. The van der Waals surface area contributed by atoms with Gasteiger partial charge in [-0.1, -0.05) is 28.2 Å². The van der Waals surface area contributed by atoms with E-state index in [1.807, 2.05) is 36.5 Å². The summed E-state index contributed by atoms with van der Waals surface area (Å²) >= 11 is 7.07. The van der Waals surface area contributed by atoms with Crippen LogP contribution >= 0.6 is 23.1 Å². The lowest BCUT2D eigenvalue weighted by molar-refractivity contribution is 0.0944. The van der Waals surface area contributed by atoms with Crippen molar-refractivity contribution in [2.45, 2.75) is 6.04 Å². The minimum atomic E-state index is -0.250. The number of amides is 1. The number of nitrogens with one attached hydrogen (secondary N) is 1. The highest BCUT2D eigenvalue weighted by atomic mass is 35.5. The molecule has 0 radical (unpaired) electrons. The summed E-state index contributed by atoms with van der Waals surface area (Å²) < 4.78 is 5.48. The van der Waals surface area contributed by atoms with Crippen LogP contribution in [-0.4, -0.2) is 31.8 Å². The Morgan fingerprint density at radius 2 is 2.18 bits per heavy atom. The molecule has 1 N–H and O–H groups in total. The summed E-state index contributed by atoms with van der Waals surface area (Å²) in [6.45, 7) is 0.389. The van der Waals surface area contributed by atoms with Crippen molar-refractivity contribution in [3.63, 3.8) is 0 Å². The maximum atomic E-state index is 12.0. The predicted octanol–water partition coefficient (Wildman–Crippen LogP) is 2.41. The Kier molecular flexibility index (Phi) is 4.45. The standard InChI is InChI=1S/C14H12ClN5OS/c15-11-4-2-10(3-5-11)13(20-7-1-6-17-20)8-16-14(21)12-9-22-19-18-12/h1-7,9,13H,8H2,(H,16,21). The van der Waals surface area contributed by atoms with Crippen LogP contribution in [0.4, 0.5) is 0 Å². The monoisotopic (exact) mass is 333 g/mol. The molecule has 8 heteroatoms. The zero-order valence-electron chi connectivity index (χ0n) is 11.4. The van der Waals surface area contributed by atoms with Gasteiger partial charge in [-0.25, -0.2) is 0 Å². The molecule has 1 atom stereocenters. The molecule has 0 saturated heterocycles. The Hall–Kier alpha value is -2.25. The third kappa shape index (κ3) is 3.32. The summed E-state index contributed by atoms with van der Waals surface area (Å²) in [5, 5.41) is 13.2. The molecule has 3 aromatic rings. The zero-order chi connectivity index (χ0) is 15.4. The van der Waals surface area contributed by atoms with Crippen LogP contribution in [-0.2, 0) is 0 Å². The Morgan fingerprint density at radius 1 is 1.36 bits per heavy atom. The summed E-state index contributed by atoms with van der Waals surface area (Å²) in [5.41, 5.74) is 1.32. The van der Waals surface area contributed by atoms with Crippen molar-refractivity contribution in [1.82, 2.24) is 24.7 Å². The normalized spacial score (nSPS) is 12.0. The van der Waals surface area contributed by atoms with E-state index in [9.17, 15) is 4.79 Å². The first-order valence-electron chi connectivity index (χ1n) is 6.54. The second-order valence-electron chi connectivity index (χ2n) is 4.55. The molecule has 112 valence electrons. The van der Waals surface area contributed by atoms with E-state index in [0.29, 0.717) is 17.3 Å². The third-order valence-electron chi connectivity index (χ3n) is 3.15. The molecule has 0 spiro atoms. The molecule has 3 rings (SSSR count). The van der Waals surface area contributed by atoms with Crippen LogP contribution < -0.4 is 5.32 Å². The Balaban J connectivity index is 1.78. The summed E-state index contributed by atoms with van der Waals surface area (Å²) in [4.78, 5) is 12.0. The first-order valence-corrected chi connectivity index (χ1v) is 7.75. The Bertz CT molecular complexity index is 727. The fourth-order valence-electron chi connectivity index (χ4n) is 2.06. The number of hydrogen-bond acceptors (Lipinski definition) is 5. The highest BCUT2D eigenvalue weighted by Gasteiger charge is 2.17. The average molecular weight is 334 g/mol. The lowest BCUT2D eigenvalue weighted by Gasteiger charge is -2.18. The second-order valence-corrected chi connectivity index (χ2v) is 5.60. The Labute approximate surface area is 135 Å². The van der Waals surface area contributed by atoms with E-state index in [0.717, 1.165) is 17.1 Å². The van der Waals surface area contributed by atoms with Gasteiger partial charge < -0.3 is 5.32 Å². The van der Waals surface area contributed by atoms with Gasteiger partial charge in [-0.2, -0.15) is 5.10 Å². The molecule has 1 amide bonds. The predicted molar refractivity (Wildman–Crippen MR) is 84.1 cm³/mol. The minimum Gasteiger partial charge on any atom is -0.348 e. The molecule has 2 aromatic heterocycles. The maximum absolute atomic E-state index is 12.0. The molecule has 22 heavy (non-hydrogen) atoms. The highest BCUT2D eigenvalue weighted by molar-refractivity contribution is 7.03. The largest absolute Gasteiger partial charge is 0.348 e. The van der Waals surface area contributed by atoms with Crippen molar-refractivity contribution in [1.29, 1.82) is 0 Å². The van der Waals surface area contributed by atoms with Crippen LogP contribution in [0.25, 0.3) is 0 Å². The SMILES string of the molecule is O=C(NCC(c1ccc(Cl)cc1)n1cccn1)c1csnn1. The van der Waals surface area contributed by atoms with E-state index in [2.05, 4.69) is 20.0 Å². The fraction of sp³-hybridized carbons (Fsp3) is 0.143. The minimum absolute atomic E-state index is 0.122. The maximum Gasteiger partial charge on any atom is 0.272 e. The number of carbonyl (C=O) groups is 1. The quantitative estimate of drug-likeness (QED) is 0.778. The fourth-order valence-corrected chi connectivity index (χ4v) is 2.62. The number of carbonyl (C=O) groups excluding carboxylic acids is 1. The van der Waals surface area contributed by atoms with E-state index in [4.69, 9.17) is 11.6 Å². The van der Waals surface area contributed by atoms with Crippen LogP contribution in [0.3, 0.4) is 0 Å². The summed E-state index contributed by atoms with van der Waals surface area (Å²) in [6, 6.07) is 9.20. The molecule has 1 aromatic carbocycles. The van der Waals surface area contributed by atoms with Crippen molar-refractivity contribution in [2.24, 2.45) is 0 Å². The van der Waals surface area contributed by atoms with Crippen LogP contribution in [0.15, 0.2) is 48.1 Å². The third-order valence-corrected chi connectivity index (χ3v) is 3.90. The summed E-state index contributed by atoms with van der Waals surface area (Å²) in [7, 11) is 0. The van der Waals surface area contributed by atoms with E-state index in [1.165, 1.54) is 0 Å². The van der Waals surface area contributed by atoms with Crippen LogP contribution in [0, 0.1) is 0 Å². The molecule has 0 fully saturated rings. The van der Waals surface area contributed by atoms with Crippen molar-refractivity contribution in [2.75, 3.05) is 6.54 Å². The van der Waals surface area contributed by atoms with Crippen molar-refractivity contribution in [3.8, 4) is 0 Å². The molecule has 0 saturated carbocycles. The van der Waals surface area contributed by atoms with Gasteiger partial charge in [-0.3, -0.25) is 9.48 Å². The molecule has 6 nitrogen and oxygen atoms in total. The van der Waals surface area contributed by atoms with Crippen LogP contribution in [0.2, 0.25) is 5.02 Å². The summed E-state index contributed by atoms with van der Waals surface area (Å²) in [5.74, 6) is -0.250. The first kappa shape index (κ1) is 14.7. The van der Waals surface area contributed by atoms with Crippen molar-refractivity contribution < 1.29 is 4.79 Å². The van der Waals surface area contributed by atoms with E-state index >= 15 is 0 Å². The average Bonchev–Trinajstić information content (AvgIpc) is 3.22. The molecule has 1 unspecified atom stereocenters. The van der Waals surface area contributed by atoms with Crippen LogP contribution in [0.1, 0.15) is 22.1 Å². The second kappa shape index (κ2) is 6.67. The van der Waals surface area contributed by atoms with Gasteiger partial charge in [0.25, 0.3) is 5.91 Å². The van der Waals surface area contributed by atoms with E-state index in [-0.39, 0.29) is 11.9 Å². The van der Waals surface area contributed by atoms with Gasteiger partial charge in [0.1, 0.15) is 0 Å². The molecule has 0 aliphatic carbocycles. The molecule has 0 aliphatic rings. The number of rotatable bonds is 5. The van der Waals surface area contributed by atoms with Gasteiger partial charge in [0, 0.05) is 29.3 Å². The molecule has 2 heterocycles. The number of aromatic nitrogens is 4. The molecule has 0 bridgehead atoms. The van der Waals surface area contributed by atoms with Crippen LogP contribution in [0.5, 0.6) is 0 Å². The number of nitrogens with zero attached hydrogens (tertiary/aromatic N) is 4. The number of hydrogen-bond donors (Lipinski definition) is 1. The van der Waals surface area contributed by atoms with E-state index in [1.54, 1.807) is 16.3 Å². The van der Waals surface area contributed by atoms with Gasteiger partial charge in [-0.15, -0.1) is 5.10 Å². The van der Waals surface area contributed by atoms with E-state index < -0.39 is 0 Å². The van der Waals surface area contributed by atoms with Gasteiger partial charge in [-0.05, 0) is 35.3 Å². The van der Waals surface area contributed by atoms with Gasteiger partial charge >= 0.3 is 0 Å². The van der Waals surface area contributed by atoms with Crippen molar-refractivity contribution in [3.05, 3.63) is 64.4 Å². The van der Waals surface area contributed by atoms with Gasteiger partial charge in [0.05, 0.1) is 6.04 Å². The number of halogens is 1. The molecular weight excluding hydrogens is 322 g/mol. The molecule has 0 aliphatic heterocycles. The van der Waals surface area contributed by atoms with Gasteiger partial charge in [0.15, 0.2) is 5.69 Å². The Morgan fingerprint density at radius 3 is 2.82 bits per heavy atom. The lowest BCUT2D eigenvalue weighted by atomic mass is 10.1. The smallest absolute Gasteiger partial charge is 0.272 e. The summed E-state index contributed by atoms with van der Waals surface area (Å²) in [6.07, 6.45) is 3.56. The topological polar surface area (TPSA) is 72.7 Å².